The van der Waals surface area contributed by atoms with E-state index >= 15 is 0 Å². The normalized spacial score (nSPS) is 24.8. The largest absolute Gasteiger partial charge is 0.320 e. The third kappa shape index (κ3) is 3.12. The molecule has 0 saturated carbocycles. The third-order valence-electron chi connectivity index (χ3n) is 3.63. The molecule has 104 valence electrons. The Kier molecular flexibility index (Phi) is 4.88. The maximum atomic E-state index is 12.4. The highest BCUT2D eigenvalue weighted by Crippen LogP contribution is 2.27. The molecule has 0 spiro atoms. The van der Waals surface area contributed by atoms with Crippen LogP contribution in [-0.2, 0) is 4.79 Å². The van der Waals surface area contributed by atoms with E-state index in [4.69, 9.17) is 0 Å². The van der Waals surface area contributed by atoms with Crippen molar-refractivity contribution < 1.29 is 4.79 Å². The topological polar surface area (TPSA) is 32.3 Å². The van der Waals surface area contributed by atoms with E-state index in [2.05, 4.69) is 37.6 Å². The molecule has 0 aromatic heterocycles. The molecule has 3 atom stereocenters. The molecule has 0 radical (unpaired) electrons. The first kappa shape index (κ1) is 14.4. The van der Waals surface area contributed by atoms with Gasteiger partial charge in [-0.25, -0.2) is 0 Å². The van der Waals surface area contributed by atoms with Crippen molar-refractivity contribution in [2.45, 2.75) is 37.7 Å². The van der Waals surface area contributed by atoms with Gasteiger partial charge in [-0.1, -0.05) is 44.2 Å². The lowest BCUT2D eigenvalue weighted by atomic mass is 10.1. The summed E-state index contributed by atoms with van der Waals surface area (Å²) in [5, 5.41) is 3.90. The van der Waals surface area contributed by atoms with E-state index in [-0.39, 0.29) is 18.1 Å². The standard InChI is InChI=1S/C15H22N2OS/c1-4-13-15(18)17(10-11(2)19-3)14(16-13)12-8-6-5-7-9-12/h5-9,11,13-14,16H,4,10H2,1-3H3. The summed E-state index contributed by atoms with van der Waals surface area (Å²) in [5.74, 6) is 0.234. The predicted octanol–water partition coefficient (Wildman–Crippen LogP) is 2.65. The number of hydrogen-bond acceptors (Lipinski definition) is 3. The Morgan fingerprint density at radius 1 is 1.37 bits per heavy atom. The van der Waals surface area contributed by atoms with Crippen LogP contribution in [0, 0.1) is 0 Å². The molecular formula is C15H22N2OS. The van der Waals surface area contributed by atoms with Gasteiger partial charge in [-0.3, -0.25) is 10.1 Å². The van der Waals surface area contributed by atoms with Crippen molar-refractivity contribution in [3.8, 4) is 0 Å². The van der Waals surface area contributed by atoms with Crippen molar-refractivity contribution in [2.24, 2.45) is 0 Å². The van der Waals surface area contributed by atoms with Gasteiger partial charge in [0.1, 0.15) is 6.17 Å². The Balaban J connectivity index is 2.22. The van der Waals surface area contributed by atoms with Gasteiger partial charge >= 0.3 is 0 Å². The van der Waals surface area contributed by atoms with Crippen LogP contribution in [0.5, 0.6) is 0 Å². The average molecular weight is 278 g/mol. The average Bonchev–Trinajstić information content (AvgIpc) is 2.76. The van der Waals surface area contributed by atoms with E-state index in [1.54, 1.807) is 11.8 Å². The molecule has 3 nitrogen and oxygen atoms in total. The summed E-state index contributed by atoms with van der Waals surface area (Å²) in [4.78, 5) is 14.4. The zero-order valence-corrected chi connectivity index (χ0v) is 12.6. The first-order valence-electron chi connectivity index (χ1n) is 6.81. The number of carbonyl (C=O) groups is 1. The molecule has 1 aliphatic rings. The van der Waals surface area contributed by atoms with Gasteiger partial charge in [-0.05, 0) is 18.2 Å². The Bertz CT molecular complexity index is 423. The fourth-order valence-corrected chi connectivity index (χ4v) is 2.74. The molecule has 1 fully saturated rings. The molecule has 1 amide bonds. The summed E-state index contributed by atoms with van der Waals surface area (Å²) < 4.78 is 0. The molecule has 1 saturated heterocycles. The smallest absolute Gasteiger partial charge is 0.241 e. The van der Waals surface area contributed by atoms with Crippen LogP contribution >= 0.6 is 11.8 Å². The second kappa shape index (κ2) is 6.44. The number of amides is 1. The van der Waals surface area contributed by atoms with E-state index in [1.807, 2.05) is 23.1 Å². The van der Waals surface area contributed by atoms with Gasteiger partial charge in [0.2, 0.25) is 5.91 Å². The predicted molar refractivity (Wildman–Crippen MR) is 81.1 cm³/mol. The van der Waals surface area contributed by atoms with Gasteiger partial charge in [-0.15, -0.1) is 0 Å². The van der Waals surface area contributed by atoms with Gasteiger partial charge in [-0.2, -0.15) is 11.8 Å². The van der Waals surface area contributed by atoms with Gasteiger partial charge in [0.25, 0.3) is 0 Å². The molecule has 1 N–H and O–H groups in total. The minimum absolute atomic E-state index is 0.0215. The highest BCUT2D eigenvalue weighted by molar-refractivity contribution is 7.99. The van der Waals surface area contributed by atoms with E-state index in [0.717, 1.165) is 13.0 Å². The van der Waals surface area contributed by atoms with Gasteiger partial charge in [0.05, 0.1) is 6.04 Å². The van der Waals surface area contributed by atoms with Crippen molar-refractivity contribution in [1.29, 1.82) is 0 Å². The molecule has 1 aromatic rings. The lowest BCUT2D eigenvalue weighted by Crippen LogP contribution is -2.35. The zero-order valence-electron chi connectivity index (χ0n) is 11.8. The number of nitrogens with one attached hydrogen (secondary N) is 1. The van der Waals surface area contributed by atoms with E-state index in [0.29, 0.717) is 5.25 Å². The summed E-state index contributed by atoms with van der Waals surface area (Å²) >= 11 is 1.80. The lowest BCUT2D eigenvalue weighted by molar-refractivity contribution is -0.130. The van der Waals surface area contributed by atoms with Crippen molar-refractivity contribution in [1.82, 2.24) is 10.2 Å². The van der Waals surface area contributed by atoms with Crippen LogP contribution in [0.3, 0.4) is 0 Å². The summed E-state index contributed by atoms with van der Waals surface area (Å²) in [6.45, 7) is 5.02. The molecule has 0 aliphatic carbocycles. The van der Waals surface area contributed by atoms with E-state index in [9.17, 15) is 4.79 Å². The van der Waals surface area contributed by atoms with Gasteiger partial charge in [0.15, 0.2) is 0 Å². The first-order chi connectivity index (χ1) is 9.17. The van der Waals surface area contributed by atoms with Gasteiger partial charge in [0, 0.05) is 11.8 Å². The van der Waals surface area contributed by atoms with Crippen LogP contribution in [-0.4, -0.2) is 34.9 Å². The van der Waals surface area contributed by atoms with Crippen molar-refractivity contribution in [3.05, 3.63) is 35.9 Å². The quantitative estimate of drug-likeness (QED) is 0.898. The van der Waals surface area contributed by atoms with Crippen LogP contribution in [0.1, 0.15) is 32.0 Å². The van der Waals surface area contributed by atoms with Crippen molar-refractivity contribution >= 4 is 17.7 Å². The van der Waals surface area contributed by atoms with Gasteiger partial charge < -0.3 is 4.90 Å². The number of benzene rings is 1. The van der Waals surface area contributed by atoms with Crippen molar-refractivity contribution in [3.63, 3.8) is 0 Å². The highest BCUT2D eigenvalue weighted by Gasteiger charge is 2.38. The van der Waals surface area contributed by atoms with Crippen LogP contribution in [0.15, 0.2) is 30.3 Å². The van der Waals surface area contributed by atoms with E-state index in [1.165, 1.54) is 5.56 Å². The summed E-state index contributed by atoms with van der Waals surface area (Å²) in [5.41, 5.74) is 1.17. The SMILES string of the molecule is CCC1NC(c2ccccc2)N(CC(C)SC)C1=O. The van der Waals surface area contributed by atoms with Crippen LogP contribution in [0.2, 0.25) is 0 Å². The molecule has 4 heteroatoms. The Hall–Kier alpha value is -1.00. The lowest BCUT2D eigenvalue weighted by Gasteiger charge is -2.26. The Morgan fingerprint density at radius 3 is 2.63 bits per heavy atom. The summed E-state index contributed by atoms with van der Waals surface area (Å²) in [7, 11) is 0. The van der Waals surface area contributed by atoms with E-state index < -0.39 is 0 Å². The molecule has 1 heterocycles. The summed E-state index contributed by atoms with van der Waals surface area (Å²) in [6, 6.07) is 10.2. The molecule has 19 heavy (non-hydrogen) atoms. The number of hydrogen-bond donors (Lipinski definition) is 1. The van der Waals surface area contributed by atoms with Crippen LogP contribution < -0.4 is 5.32 Å². The van der Waals surface area contributed by atoms with Crippen LogP contribution in [0.25, 0.3) is 0 Å². The molecule has 0 bridgehead atoms. The zero-order chi connectivity index (χ0) is 13.8. The minimum Gasteiger partial charge on any atom is -0.320 e. The fourth-order valence-electron chi connectivity index (χ4n) is 2.43. The first-order valence-corrected chi connectivity index (χ1v) is 8.10. The molecule has 1 aliphatic heterocycles. The second-order valence-corrected chi connectivity index (χ2v) is 6.25. The maximum absolute atomic E-state index is 12.4. The van der Waals surface area contributed by atoms with Crippen molar-refractivity contribution in [2.75, 3.05) is 12.8 Å². The maximum Gasteiger partial charge on any atom is 0.241 e. The fraction of sp³-hybridized carbons (Fsp3) is 0.533. The molecule has 2 rings (SSSR count). The number of carbonyl (C=O) groups excluding carboxylic acids is 1. The number of nitrogens with zero attached hydrogens (tertiary/aromatic N) is 1. The Morgan fingerprint density at radius 2 is 2.05 bits per heavy atom. The minimum atomic E-state index is -0.0423. The summed E-state index contributed by atoms with van der Waals surface area (Å²) in [6.07, 6.45) is 2.95. The monoisotopic (exact) mass is 278 g/mol. The highest BCUT2D eigenvalue weighted by atomic mass is 32.2. The number of rotatable bonds is 5. The molecule has 1 aromatic carbocycles. The third-order valence-corrected chi connectivity index (χ3v) is 4.59. The number of thioether (sulfide) groups is 1. The molecular weight excluding hydrogens is 256 g/mol. The second-order valence-electron chi connectivity index (χ2n) is 4.98. The van der Waals surface area contributed by atoms with Crippen LogP contribution in [0.4, 0.5) is 0 Å². The Labute approximate surface area is 119 Å². The molecule has 3 unspecified atom stereocenters.